The molecule has 6 heteroatoms. The summed E-state index contributed by atoms with van der Waals surface area (Å²) in [5, 5.41) is 0. The fraction of sp³-hybridized carbons (Fsp3) is 0.600. The molecule has 21 heavy (non-hydrogen) atoms. The van der Waals surface area contributed by atoms with Crippen molar-refractivity contribution in [2.45, 2.75) is 37.5 Å². The number of fused-ring (bicyclic) bond motifs is 1. The highest BCUT2D eigenvalue weighted by Crippen LogP contribution is 2.36. The molecular weight excluding hydrogens is 268 g/mol. The van der Waals surface area contributed by atoms with E-state index in [1.54, 1.807) is 0 Å². The lowest BCUT2D eigenvalue weighted by Gasteiger charge is -2.34. The predicted octanol–water partition coefficient (Wildman–Crippen LogP) is 0.703. The molecule has 1 aromatic rings. The molecule has 1 aromatic carbocycles. The molecule has 3 unspecified atom stereocenters. The third kappa shape index (κ3) is 2.60. The van der Waals surface area contributed by atoms with E-state index >= 15 is 0 Å². The van der Waals surface area contributed by atoms with Gasteiger partial charge >= 0.3 is 0 Å². The van der Waals surface area contributed by atoms with Crippen LogP contribution in [-0.4, -0.2) is 37.0 Å². The van der Waals surface area contributed by atoms with Crippen molar-refractivity contribution in [3.63, 3.8) is 0 Å². The minimum absolute atomic E-state index is 0.294. The first-order valence-corrected chi connectivity index (χ1v) is 7.70. The standard InChI is InChI=1S/C15H22N4O2/c16-11-2-1-5-19(8-11)15-7-12(17-18-15)10-3-4-13-14(6-10)21-9-20-13/h3-4,6,11-12,15,17-18H,1-2,5,7-9,16H2. The van der Waals surface area contributed by atoms with Crippen LogP contribution in [0.2, 0.25) is 0 Å². The van der Waals surface area contributed by atoms with Crippen LogP contribution in [0.25, 0.3) is 0 Å². The fourth-order valence-electron chi connectivity index (χ4n) is 3.45. The minimum Gasteiger partial charge on any atom is -0.454 e. The Balaban J connectivity index is 1.44. The zero-order chi connectivity index (χ0) is 14.2. The van der Waals surface area contributed by atoms with Gasteiger partial charge in [0.05, 0.1) is 6.17 Å². The molecule has 0 aliphatic carbocycles. The molecule has 2 fully saturated rings. The van der Waals surface area contributed by atoms with Crippen molar-refractivity contribution in [2.75, 3.05) is 19.9 Å². The molecular formula is C15H22N4O2. The zero-order valence-corrected chi connectivity index (χ0v) is 12.0. The third-order valence-electron chi connectivity index (χ3n) is 4.61. The van der Waals surface area contributed by atoms with Crippen molar-refractivity contribution in [2.24, 2.45) is 5.73 Å². The number of rotatable bonds is 2. The lowest BCUT2D eigenvalue weighted by atomic mass is 10.0. The Bertz CT molecular complexity index is 524. The van der Waals surface area contributed by atoms with E-state index in [4.69, 9.17) is 15.2 Å². The number of nitrogens with one attached hydrogen (secondary N) is 2. The summed E-state index contributed by atoms with van der Waals surface area (Å²) in [6.45, 7) is 2.43. The summed E-state index contributed by atoms with van der Waals surface area (Å²) in [6.07, 6.45) is 3.72. The van der Waals surface area contributed by atoms with Crippen LogP contribution < -0.4 is 26.1 Å². The Morgan fingerprint density at radius 2 is 2.10 bits per heavy atom. The van der Waals surface area contributed by atoms with Crippen LogP contribution in [0.15, 0.2) is 18.2 Å². The van der Waals surface area contributed by atoms with Crippen molar-refractivity contribution in [3.8, 4) is 11.5 Å². The molecule has 4 rings (SSSR count). The molecule has 0 spiro atoms. The van der Waals surface area contributed by atoms with E-state index in [1.165, 1.54) is 12.0 Å². The lowest BCUT2D eigenvalue weighted by Crippen LogP contribution is -2.52. The molecule has 0 radical (unpaired) electrons. The van der Waals surface area contributed by atoms with Gasteiger partial charge in [-0.2, -0.15) is 0 Å². The van der Waals surface area contributed by atoms with Gasteiger partial charge in [-0.3, -0.25) is 4.90 Å². The summed E-state index contributed by atoms with van der Waals surface area (Å²) in [7, 11) is 0. The van der Waals surface area contributed by atoms with Gasteiger partial charge in [0.1, 0.15) is 0 Å². The summed E-state index contributed by atoms with van der Waals surface area (Å²) >= 11 is 0. The maximum absolute atomic E-state index is 6.08. The van der Waals surface area contributed by atoms with Gasteiger partial charge in [-0.1, -0.05) is 6.07 Å². The molecule has 0 bridgehead atoms. The Morgan fingerprint density at radius 3 is 3.00 bits per heavy atom. The average molecular weight is 290 g/mol. The van der Waals surface area contributed by atoms with E-state index in [-0.39, 0.29) is 0 Å². The Morgan fingerprint density at radius 1 is 1.19 bits per heavy atom. The number of likely N-dealkylation sites (tertiary alicyclic amines) is 1. The van der Waals surface area contributed by atoms with Gasteiger partial charge in [0.25, 0.3) is 0 Å². The SMILES string of the molecule is NC1CCCN(C2CC(c3ccc4c(c3)OCO4)NN2)C1. The van der Waals surface area contributed by atoms with E-state index in [2.05, 4.69) is 27.9 Å². The number of hydrogen-bond donors (Lipinski definition) is 3. The largest absolute Gasteiger partial charge is 0.454 e. The molecule has 3 heterocycles. The number of nitrogens with two attached hydrogens (primary N) is 1. The second-order valence-corrected chi connectivity index (χ2v) is 6.10. The Labute approximate surface area is 124 Å². The second kappa shape index (κ2) is 5.46. The summed E-state index contributed by atoms with van der Waals surface area (Å²) in [5.74, 6) is 1.68. The number of benzene rings is 1. The summed E-state index contributed by atoms with van der Waals surface area (Å²) in [4.78, 5) is 2.45. The van der Waals surface area contributed by atoms with Crippen molar-refractivity contribution in [3.05, 3.63) is 23.8 Å². The topological polar surface area (TPSA) is 71.8 Å². The van der Waals surface area contributed by atoms with E-state index in [9.17, 15) is 0 Å². The molecule has 6 nitrogen and oxygen atoms in total. The zero-order valence-electron chi connectivity index (χ0n) is 12.0. The van der Waals surface area contributed by atoms with Crippen molar-refractivity contribution in [1.29, 1.82) is 0 Å². The fourth-order valence-corrected chi connectivity index (χ4v) is 3.45. The minimum atomic E-state index is 0.294. The molecule has 4 N–H and O–H groups in total. The molecule has 3 aliphatic heterocycles. The smallest absolute Gasteiger partial charge is 0.231 e. The van der Waals surface area contributed by atoms with Crippen LogP contribution in [0, 0.1) is 0 Å². The maximum Gasteiger partial charge on any atom is 0.231 e. The van der Waals surface area contributed by atoms with E-state index < -0.39 is 0 Å². The number of piperidine rings is 1. The van der Waals surface area contributed by atoms with Crippen LogP contribution in [0.1, 0.15) is 30.9 Å². The molecule has 0 amide bonds. The van der Waals surface area contributed by atoms with Crippen LogP contribution in [0.3, 0.4) is 0 Å². The van der Waals surface area contributed by atoms with Gasteiger partial charge in [0.15, 0.2) is 11.5 Å². The quantitative estimate of drug-likeness (QED) is 0.745. The maximum atomic E-state index is 6.08. The average Bonchev–Trinajstić information content (AvgIpc) is 3.15. The van der Waals surface area contributed by atoms with E-state index in [0.29, 0.717) is 25.0 Å². The number of hydrazine groups is 1. The highest BCUT2D eigenvalue weighted by Gasteiger charge is 2.32. The summed E-state index contributed by atoms with van der Waals surface area (Å²) in [5.41, 5.74) is 14.1. The van der Waals surface area contributed by atoms with Crippen LogP contribution in [-0.2, 0) is 0 Å². The van der Waals surface area contributed by atoms with Crippen molar-refractivity contribution in [1.82, 2.24) is 15.8 Å². The van der Waals surface area contributed by atoms with Crippen molar-refractivity contribution < 1.29 is 9.47 Å². The van der Waals surface area contributed by atoms with E-state index in [1.807, 2.05) is 6.07 Å². The van der Waals surface area contributed by atoms with Gasteiger partial charge in [0.2, 0.25) is 6.79 Å². The first kappa shape index (κ1) is 13.3. The molecule has 0 saturated carbocycles. The monoisotopic (exact) mass is 290 g/mol. The normalized spacial score (nSPS) is 32.5. The molecule has 2 saturated heterocycles. The number of hydrogen-bond acceptors (Lipinski definition) is 6. The van der Waals surface area contributed by atoms with Crippen LogP contribution in [0.4, 0.5) is 0 Å². The Kier molecular flexibility index (Phi) is 3.46. The summed E-state index contributed by atoms with van der Waals surface area (Å²) in [6, 6.07) is 6.78. The van der Waals surface area contributed by atoms with Crippen LogP contribution in [0.5, 0.6) is 11.5 Å². The first-order chi connectivity index (χ1) is 10.3. The molecule has 3 atom stereocenters. The molecule has 114 valence electrons. The highest BCUT2D eigenvalue weighted by atomic mass is 16.7. The predicted molar refractivity (Wildman–Crippen MR) is 78.8 cm³/mol. The summed E-state index contributed by atoms with van der Waals surface area (Å²) < 4.78 is 10.8. The van der Waals surface area contributed by atoms with Crippen LogP contribution >= 0.6 is 0 Å². The van der Waals surface area contributed by atoms with Gasteiger partial charge in [-0.05, 0) is 43.5 Å². The van der Waals surface area contributed by atoms with Gasteiger partial charge < -0.3 is 15.2 Å². The Hall–Kier alpha value is -1.34. The molecule has 0 aromatic heterocycles. The number of nitrogens with zero attached hydrogens (tertiary/aromatic N) is 1. The van der Waals surface area contributed by atoms with Gasteiger partial charge in [0, 0.05) is 18.6 Å². The van der Waals surface area contributed by atoms with Gasteiger partial charge in [-0.25, -0.2) is 10.9 Å². The number of ether oxygens (including phenoxy) is 2. The first-order valence-electron chi connectivity index (χ1n) is 7.70. The van der Waals surface area contributed by atoms with Crippen molar-refractivity contribution >= 4 is 0 Å². The van der Waals surface area contributed by atoms with E-state index in [0.717, 1.165) is 37.4 Å². The highest BCUT2D eigenvalue weighted by molar-refractivity contribution is 5.45. The molecule has 3 aliphatic rings. The third-order valence-corrected chi connectivity index (χ3v) is 4.61. The van der Waals surface area contributed by atoms with Gasteiger partial charge in [-0.15, -0.1) is 0 Å². The second-order valence-electron chi connectivity index (χ2n) is 6.10. The lowest BCUT2D eigenvalue weighted by molar-refractivity contribution is 0.133.